The highest BCUT2D eigenvalue weighted by atomic mass is 79.9. The number of nitrogens with one attached hydrogen (secondary N) is 1. The minimum Gasteiger partial charge on any atom is -0.493 e. The summed E-state index contributed by atoms with van der Waals surface area (Å²) in [6, 6.07) is 20.0. The Balaban J connectivity index is 1.70. The molecule has 3 aromatic carbocycles. The zero-order chi connectivity index (χ0) is 19.2. The van der Waals surface area contributed by atoms with Crippen molar-refractivity contribution < 1.29 is 9.47 Å². The molecule has 3 aromatic rings. The molecule has 1 N–H and O–H groups in total. The minimum absolute atomic E-state index is 0.462. The molecule has 0 spiro atoms. The molecule has 140 valence electrons. The van der Waals surface area contributed by atoms with E-state index in [0.29, 0.717) is 29.7 Å². The Kier molecular flexibility index (Phi) is 6.64. The number of benzene rings is 3. The van der Waals surface area contributed by atoms with Crippen LogP contribution in [0.2, 0.25) is 5.02 Å². The predicted octanol–water partition coefficient (Wildman–Crippen LogP) is 6.61. The van der Waals surface area contributed by atoms with Gasteiger partial charge in [0, 0.05) is 27.8 Å². The summed E-state index contributed by atoms with van der Waals surface area (Å²) in [5, 5.41) is 4.00. The third-order valence-electron chi connectivity index (χ3n) is 4.17. The van der Waals surface area contributed by atoms with Gasteiger partial charge in [-0.05, 0) is 48.4 Å². The van der Waals surface area contributed by atoms with Crippen molar-refractivity contribution in [3.63, 3.8) is 0 Å². The van der Waals surface area contributed by atoms with E-state index in [-0.39, 0.29) is 0 Å². The first-order valence-corrected chi connectivity index (χ1v) is 9.76. The molecule has 0 heterocycles. The standard InChI is InChI=1S/C22H21BrClNO2/c1-15-3-5-16(6-4-15)14-27-22-12-20(24)17(11-21(22)26-2)13-25-19-9-7-18(23)8-10-19/h3-12,25H,13-14H2,1-2H3. The van der Waals surface area contributed by atoms with E-state index in [9.17, 15) is 0 Å². The number of hydrogen-bond acceptors (Lipinski definition) is 3. The maximum absolute atomic E-state index is 6.47. The van der Waals surface area contributed by atoms with Crippen molar-refractivity contribution in [1.29, 1.82) is 0 Å². The lowest BCUT2D eigenvalue weighted by molar-refractivity contribution is 0.284. The van der Waals surface area contributed by atoms with Crippen LogP contribution in [0.25, 0.3) is 0 Å². The van der Waals surface area contributed by atoms with Crippen molar-refractivity contribution in [2.75, 3.05) is 12.4 Å². The third-order valence-corrected chi connectivity index (χ3v) is 5.06. The van der Waals surface area contributed by atoms with Crippen LogP contribution in [0.1, 0.15) is 16.7 Å². The number of methoxy groups -OCH3 is 1. The zero-order valence-corrected chi connectivity index (χ0v) is 17.6. The first-order valence-electron chi connectivity index (χ1n) is 8.59. The number of hydrogen-bond donors (Lipinski definition) is 1. The van der Waals surface area contributed by atoms with E-state index >= 15 is 0 Å². The zero-order valence-electron chi connectivity index (χ0n) is 15.3. The van der Waals surface area contributed by atoms with Crippen LogP contribution in [0, 0.1) is 6.92 Å². The fourth-order valence-electron chi connectivity index (χ4n) is 2.60. The molecule has 0 saturated heterocycles. The highest BCUT2D eigenvalue weighted by Gasteiger charge is 2.11. The number of ether oxygens (including phenoxy) is 2. The maximum Gasteiger partial charge on any atom is 0.163 e. The summed E-state index contributed by atoms with van der Waals surface area (Å²) in [4.78, 5) is 0. The topological polar surface area (TPSA) is 30.5 Å². The molecule has 27 heavy (non-hydrogen) atoms. The van der Waals surface area contributed by atoms with Gasteiger partial charge in [-0.1, -0.05) is 57.4 Å². The summed E-state index contributed by atoms with van der Waals surface area (Å²) < 4.78 is 12.5. The Bertz CT molecular complexity index is 895. The number of halogens is 2. The first-order chi connectivity index (χ1) is 13.0. The summed E-state index contributed by atoms with van der Waals surface area (Å²) in [6.45, 7) is 3.12. The lowest BCUT2D eigenvalue weighted by atomic mass is 10.1. The van der Waals surface area contributed by atoms with Crippen LogP contribution < -0.4 is 14.8 Å². The van der Waals surface area contributed by atoms with Crippen LogP contribution in [0.4, 0.5) is 5.69 Å². The molecule has 0 aliphatic carbocycles. The molecule has 0 atom stereocenters. The smallest absolute Gasteiger partial charge is 0.163 e. The number of rotatable bonds is 7. The van der Waals surface area contributed by atoms with Crippen LogP contribution in [0.5, 0.6) is 11.5 Å². The van der Waals surface area contributed by atoms with Crippen molar-refractivity contribution in [3.05, 3.63) is 86.8 Å². The molecule has 0 aliphatic rings. The van der Waals surface area contributed by atoms with E-state index in [4.69, 9.17) is 21.1 Å². The van der Waals surface area contributed by atoms with E-state index in [1.165, 1.54) is 5.56 Å². The summed E-state index contributed by atoms with van der Waals surface area (Å²) in [7, 11) is 1.63. The molecule has 3 rings (SSSR count). The quantitative estimate of drug-likeness (QED) is 0.443. The Labute approximate surface area is 173 Å². The van der Waals surface area contributed by atoms with Gasteiger partial charge in [-0.2, -0.15) is 0 Å². The lowest BCUT2D eigenvalue weighted by Gasteiger charge is -2.15. The van der Waals surface area contributed by atoms with Gasteiger partial charge < -0.3 is 14.8 Å². The monoisotopic (exact) mass is 445 g/mol. The van der Waals surface area contributed by atoms with Crippen LogP contribution in [0.15, 0.2) is 65.1 Å². The summed E-state index contributed by atoms with van der Waals surface area (Å²) in [6.07, 6.45) is 0. The number of aryl methyl sites for hydroxylation is 1. The molecule has 5 heteroatoms. The molecule has 0 amide bonds. The average molecular weight is 447 g/mol. The van der Waals surface area contributed by atoms with Gasteiger partial charge in [-0.3, -0.25) is 0 Å². The van der Waals surface area contributed by atoms with Crippen LogP contribution in [-0.2, 0) is 13.2 Å². The van der Waals surface area contributed by atoms with E-state index in [1.807, 2.05) is 36.4 Å². The van der Waals surface area contributed by atoms with Crippen LogP contribution in [0.3, 0.4) is 0 Å². The molecule has 0 unspecified atom stereocenters. The van der Waals surface area contributed by atoms with Gasteiger partial charge >= 0.3 is 0 Å². The SMILES string of the molecule is COc1cc(CNc2ccc(Br)cc2)c(Cl)cc1OCc1ccc(C)cc1. The predicted molar refractivity (Wildman–Crippen MR) is 115 cm³/mol. The molecule has 0 fully saturated rings. The maximum atomic E-state index is 6.47. The fourth-order valence-corrected chi connectivity index (χ4v) is 3.08. The average Bonchev–Trinajstić information content (AvgIpc) is 2.68. The lowest BCUT2D eigenvalue weighted by Crippen LogP contribution is -2.03. The van der Waals surface area contributed by atoms with Crippen molar-refractivity contribution in [2.45, 2.75) is 20.1 Å². The Morgan fingerprint density at radius 2 is 1.67 bits per heavy atom. The van der Waals surface area contributed by atoms with Gasteiger partial charge in [-0.25, -0.2) is 0 Å². The van der Waals surface area contributed by atoms with E-state index in [0.717, 1.165) is 21.3 Å². The van der Waals surface area contributed by atoms with E-state index in [2.05, 4.69) is 52.4 Å². The fraction of sp³-hybridized carbons (Fsp3) is 0.182. The minimum atomic E-state index is 0.462. The van der Waals surface area contributed by atoms with Crippen molar-refractivity contribution in [2.24, 2.45) is 0 Å². The highest BCUT2D eigenvalue weighted by Crippen LogP contribution is 2.34. The molecule has 0 radical (unpaired) electrons. The van der Waals surface area contributed by atoms with E-state index in [1.54, 1.807) is 7.11 Å². The molecular weight excluding hydrogens is 426 g/mol. The van der Waals surface area contributed by atoms with Gasteiger partial charge in [0.1, 0.15) is 6.61 Å². The van der Waals surface area contributed by atoms with Gasteiger partial charge in [0.2, 0.25) is 0 Å². The van der Waals surface area contributed by atoms with Gasteiger partial charge in [0.05, 0.1) is 7.11 Å². The second kappa shape index (κ2) is 9.16. The van der Waals surface area contributed by atoms with Crippen LogP contribution in [-0.4, -0.2) is 7.11 Å². The first kappa shape index (κ1) is 19.6. The summed E-state index contributed by atoms with van der Waals surface area (Å²) in [5.74, 6) is 1.30. The second-order valence-corrected chi connectivity index (χ2v) is 7.55. The molecule has 0 saturated carbocycles. The second-order valence-electron chi connectivity index (χ2n) is 6.23. The van der Waals surface area contributed by atoms with Crippen LogP contribution >= 0.6 is 27.5 Å². The number of anilines is 1. The van der Waals surface area contributed by atoms with Gasteiger partial charge in [0.15, 0.2) is 11.5 Å². The molecular formula is C22H21BrClNO2. The van der Waals surface area contributed by atoms with Crippen molar-refractivity contribution >= 4 is 33.2 Å². The van der Waals surface area contributed by atoms with E-state index < -0.39 is 0 Å². The largest absolute Gasteiger partial charge is 0.493 e. The Hall–Kier alpha value is -2.17. The Morgan fingerprint density at radius 1 is 0.963 bits per heavy atom. The molecule has 3 nitrogen and oxygen atoms in total. The third kappa shape index (κ3) is 5.41. The molecule has 0 aromatic heterocycles. The van der Waals surface area contributed by atoms with Gasteiger partial charge in [-0.15, -0.1) is 0 Å². The normalized spacial score (nSPS) is 10.5. The highest BCUT2D eigenvalue weighted by molar-refractivity contribution is 9.10. The Morgan fingerprint density at radius 3 is 2.33 bits per heavy atom. The summed E-state index contributed by atoms with van der Waals surface area (Å²) in [5.41, 5.74) is 4.29. The molecule has 0 bridgehead atoms. The van der Waals surface area contributed by atoms with Crippen molar-refractivity contribution in [3.8, 4) is 11.5 Å². The van der Waals surface area contributed by atoms with Gasteiger partial charge in [0.25, 0.3) is 0 Å². The summed E-state index contributed by atoms with van der Waals surface area (Å²) >= 11 is 9.90. The van der Waals surface area contributed by atoms with Crippen molar-refractivity contribution in [1.82, 2.24) is 0 Å². The molecule has 0 aliphatic heterocycles.